The van der Waals surface area contributed by atoms with Gasteiger partial charge in [0.25, 0.3) is 0 Å². The molecule has 1 aliphatic rings. The van der Waals surface area contributed by atoms with Gasteiger partial charge in [0, 0.05) is 23.9 Å². The van der Waals surface area contributed by atoms with Crippen molar-refractivity contribution in [3.8, 4) is 11.1 Å². The topological polar surface area (TPSA) is 42.0 Å². The smallest absolute Gasteiger partial charge is 0.180 e. The molecule has 0 bridgehead atoms. The predicted octanol–water partition coefficient (Wildman–Crippen LogP) is 5.63. The molecule has 148 valence electrons. The first kappa shape index (κ1) is 19.5. The number of ketones is 1. The van der Waals surface area contributed by atoms with Gasteiger partial charge in [-0.2, -0.15) is 0 Å². The van der Waals surface area contributed by atoms with Gasteiger partial charge >= 0.3 is 0 Å². The molecule has 4 heteroatoms. The zero-order valence-corrected chi connectivity index (χ0v) is 17.1. The third kappa shape index (κ3) is 3.49. The molecular formula is C25H25FN2O. The summed E-state index contributed by atoms with van der Waals surface area (Å²) in [6.07, 6.45) is 3.56. The van der Waals surface area contributed by atoms with Crippen LogP contribution < -0.4 is 5.32 Å². The summed E-state index contributed by atoms with van der Waals surface area (Å²) in [6, 6.07) is 10.5. The second-order valence-corrected chi connectivity index (χ2v) is 7.58. The Morgan fingerprint density at radius 2 is 1.97 bits per heavy atom. The Morgan fingerprint density at radius 1 is 1.17 bits per heavy atom. The maximum atomic E-state index is 14.8. The van der Waals surface area contributed by atoms with Crippen molar-refractivity contribution >= 4 is 22.3 Å². The van der Waals surface area contributed by atoms with Crippen molar-refractivity contribution in [1.29, 1.82) is 0 Å². The van der Waals surface area contributed by atoms with Crippen LogP contribution >= 0.6 is 0 Å². The van der Waals surface area contributed by atoms with E-state index in [1.54, 1.807) is 18.2 Å². The number of Topliss-reactive ketones (excluding diaryl/α,β-unsaturated/α-hetero) is 1. The molecule has 0 aliphatic carbocycles. The van der Waals surface area contributed by atoms with Crippen molar-refractivity contribution in [2.24, 2.45) is 0 Å². The number of hydrogen-bond donors (Lipinski definition) is 1. The maximum Gasteiger partial charge on any atom is 0.180 e. The van der Waals surface area contributed by atoms with E-state index in [9.17, 15) is 9.18 Å². The minimum absolute atomic E-state index is 0.0371. The van der Waals surface area contributed by atoms with Gasteiger partial charge in [0.05, 0.1) is 5.52 Å². The van der Waals surface area contributed by atoms with Gasteiger partial charge in [0.1, 0.15) is 11.5 Å². The van der Waals surface area contributed by atoms with E-state index in [0.29, 0.717) is 17.7 Å². The minimum Gasteiger partial charge on any atom is -0.313 e. The number of hydrogen-bond acceptors (Lipinski definition) is 3. The number of halogens is 1. The molecule has 3 aromatic rings. The summed E-state index contributed by atoms with van der Waals surface area (Å²) in [4.78, 5) is 17.1. The molecule has 0 atom stereocenters. The lowest BCUT2D eigenvalue weighted by Gasteiger charge is -2.21. The van der Waals surface area contributed by atoms with Crippen LogP contribution in [0.1, 0.15) is 46.9 Å². The summed E-state index contributed by atoms with van der Waals surface area (Å²) in [7, 11) is 0. The second kappa shape index (κ2) is 7.88. The Morgan fingerprint density at radius 3 is 2.66 bits per heavy atom. The molecule has 3 nitrogen and oxygen atoms in total. The van der Waals surface area contributed by atoms with Crippen molar-refractivity contribution in [1.82, 2.24) is 10.3 Å². The Bertz CT molecular complexity index is 1150. The second-order valence-electron chi connectivity index (χ2n) is 7.58. The van der Waals surface area contributed by atoms with Gasteiger partial charge in [-0.15, -0.1) is 0 Å². The zero-order chi connectivity index (χ0) is 20.5. The van der Waals surface area contributed by atoms with E-state index in [1.165, 1.54) is 17.2 Å². The van der Waals surface area contributed by atoms with Crippen LogP contribution in [0.5, 0.6) is 0 Å². The standard InChI is InChI=1S/C25H25FN2O/c1-4-23(29)21-14-19(18-7-5-6-8-20(18)26)25-16(3)24(15(2)13-22(25)28-21)17-9-11-27-12-10-17/h5-9,13-14,27H,4,10-12H2,1-3H3. The number of rotatable bonds is 4. The van der Waals surface area contributed by atoms with Crippen molar-refractivity contribution in [2.75, 3.05) is 13.1 Å². The summed E-state index contributed by atoms with van der Waals surface area (Å²) >= 11 is 0. The average molecular weight is 388 g/mol. The first-order chi connectivity index (χ1) is 14.0. The quantitative estimate of drug-likeness (QED) is 0.589. The van der Waals surface area contributed by atoms with Gasteiger partial charge in [-0.05, 0) is 72.8 Å². The lowest BCUT2D eigenvalue weighted by Crippen LogP contribution is -2.20. The highest BCUT2D eigenvalue weighted by Crippen LogP contribution is 2.38. The third-order valence-corrected chi connectivity index (χ3v) is 5.70. The van der Waals surface area contributed by atoms with E-state index in [4.69, 9.17) is 0 Å². The number of fused-ring (bicyclic) bond motifs is 1. The molecule has 0 radical (unpaired) electrons. The first-order valence-corrected chi connectivity index (χ1v) is 10.1. The molecule has 4 rings (SSSR count). The molecule has 0 saturated carbocycles. The summed E-state index contributed by atoms with van der Waals surface area (Å²) in [5.74, 6) is -0.331. The van der Waals surface area contributed by atoms with Crippen molar-refractivity contribution in [3.63, 3.8) is 0 Å². The molecule has 0 amide bonds. The molecule has 0 unspecified atom stereocenters. The van der Waals surface area contributed by atoms with Gasteiger partial charge in [0.2, 0.25) is 0 Å². The molecule has 29 heavy (non-hydrogen) atoms. The molecule has 0 fully saturated rings. The van der Waals surface area contributed by atoms with E-state index in [2.05, 4.69) is 30.2 Å². The van der Waals surface area contributed by atoms with Gasteiger partial charge < -0.3 is 5.32 Å². The summed E-state index contributed by atoms with van der Waals surface area (Å²) in [5, 5.41) is 4.28. The van der Waals surface area contributed by atoms with Crippen LogP contribution in [0.2, 0.25) is 0 Å². The number of aromatic nitrogens is 1. The number of benzene rings is 2. The van der Waals surface area contributed by atoms with Crippen LogP contribution in [0.3, 0.4) is 0 Å². The number of nitrogens with one attached hydrogen (secondary N) is 1. The van der Waals surface area contributed by atoms with Crippen LogP contribution in [-0.2, 0) is 0 Å². The monoisotopic (exact) mass is 388 g/mol. The van der Waals surface area contributed by atoms with E-state index in [1.807, 2.05) is 19.1 Å². The van der Waals surface area contributed by atoms with Gasteiger partial charge in [-0.25, -0.2) is 9.37 Å². The number of aryl methyl sites for hydroxylation is 2. The van der Waals surface area contributed by atoms with Crippen molar-refractivity contribution in [2.45, 2.75) is 33.6 Å². The number of carbonyl (C=O) groups is 1. The first-order valence-electron chi connectivity index (χ1n) is 10.1. The van der Waals surface area contributed by atoms with Crippen LogP contribution in [0.25, 0.3) is 27.6 Å². The Hall–Kier alpha value is -2.85. The number of carbonyl (C=O) groups excluding carboxylic acids is 1. The number of nitrogens with zero attached hydrogens (tertiary/aromatic N) is 1. The zero-order valence-electron chi connectivity index (χ0n) is 17.1. The molecule has 0 spiro atoms. The van der Waals surface area contributed by atoms with Gasteiger partial charge in [0.15, 0.2) is 5.78 Å². The lowest BCUT2D eigenvalue weighted by molar-refractivity contribution is 0.0984. The predicted molar refractivity (Wildman–Crippen MR) is 117 cm³/mol. The Labute approximate surface area is 170 Å². The van der Waals surface area contributed by atoms with Gasteiger partial charge in [-0.1, -0.05) is 31.2 Å². The fraction of sp³-hybridized carbons (Fsp3) is 0.280. The van der Waals surface area contributed by atoms with E-state index < -0.39 is 0 Å². The average Bonchev–Trinajstić information content (AvgIpc) is 2.73. The van der Waals surface area contributed by atoms with Crippen molar-refractivity contribution < 1.29 is 9.18 Å². The van der Waals surface area contributed by atoms with Gasteiger partial charge in [-0.3, -0.25) is 4.79 Å². The van der Waals surface area contributed by atoms with E-state index in [-0.39, 0.29) is 11.6 Å². The summed E-state index contributed by atoms with van der Waals surface area (Å²) in [5.41, 5.74) is 7.13. The maximum absolute atomic E-state index is 14.8. The number of pyridine rings is 1. The molecule has 0 saturated heterocycles. The Balaban J connectivity index is 2.08. The lowest BCUT2D eigenvalue weighted by atomic mass is 9.86. The highest BCUT2D eigenvalue weighted by Gasteiger charge is 2.20. The molecule has 1 aromatic heterocycles. The highest BCUT2D eigenvalue weighted by molar-refractivity contribution is 6.04. The minimum atomic E-state index is -0.294. The van der Waals surface area contributed by atoms with Crippen LogP contribution in [0, 0.1) is 19.7 Å². The fourth-order valence-corrected chi connectivity index (χ4v) is 4.32. The molecule has 1 aliphatic heterocycles. The van der Waals surface area contributed by atoms with Crippen LogP contribution in [0.15, 0.2) is 42.5 Å². The van der Waals surface area contributed by atoms with Crippen LogP contribution in [0.4, 0.5) is 4.39 Å². The largest absolute Gasteiger partial charge is 0.313 e. The summed E-state index contributed by atoms with van der Waals surface area (Å²) < 4.78 is 14.8. The molecule has 2 heterocycles. The van der Waals surface area contributed by atoms with Crippen molar-refractivity contribution in [3.05, 3.63) is 70.7 Å². The normalized spacial score (nSPS) is 14.1. The fourth-order valence-electron chi connectivity index (χ4n) is 4.32. The third-order valence-electron chi connectivity index (χ3n) is 5.70. The highest BCUT2D eigenvalue weighted by atomic mass is 19.1. The molecular weight excluding hydrogens is 363 g/mol. The SMILES string of the molecule is CCC(=O)c1cc(-c2ccccc2F)c2c(C)c(C3=CCNCC3)c(C)cc2n1. The van der Waals surface area contributed by atoms with Crippen LogP contribution in [-0.4, -0.2) is 23.9 Å². The van der Waals surface area contributed by atoms with E-state index in [0.717, 1.165) is 47.1 Å². The molecule has 1 N–H and O–H groups in total. The van der Waals surface area contributed by atoms with E-state index >= 15 is 0 Å². The molecule has 2 aromatic carbocycles. The summed E-state index contributed by atoms with van der Waals surface area (Å²) in [6.45, 7) is 7.80. The Kier molecular flexibility index (Phi) is 5.29.